The third kappa shape index (κ3) is 9.40. The molecule has 284 valence electrons. The van der Waals surface area contributed by atoms with Gasteiger partial charge in [0.15, 0.2) is 0 Å². The molecule has 0 aliphatic carbocycles. The average Bonchev–Trinajstić information content (AvgIpc) is 3.12. The fourth-order valence-electron chi connectivity index (χ4n) is 5.54. The number of nitrogens with one attached hydrogen (secondary N) is 4. The lowest BCUT2D eigenvalue weighted by atomic mass is 10.1. The zero-order valence-corrected chi connectivity index (χ0v) is 30.9. The molecule has 0 saturated heterocycles. The maximum atomic E-state index is 13.0. The van der Waals surface area contributed by atoms with Crippen LogP contribution in [0.25, 0.3) is 21.5 Å². The number of amides is 4. The van der Waals surface area contributed by atoms with Gasteiger partial charge < -0.3 is 21.3 Å². The Morgan fingerprint density at radius 3 is 1.29 bits per heavy atom. The van der Waals surface area contributed by atoms with E-state index in [1.165, 1.54) is 86.6 Å². The number of urea groups is 1. The molecule has 6 aromatic carbocycles. The molecule has 6 rings (SSSR count). The second-order valence-electron chi connectivity index (χ2n) is 12.1. The van der Waals surface area contributed by atoms with Crippen LogP contribution in [0.5, 0.6) is 0 Å². The van der Waals surface area contributed by atoms with E-state index in [-0.39, 0.29) is 66.1 Å². The Balaban J connectivity index is 1.20. The van der Waals surface area contributed by atoms with Crippen LogP contribution in [0.15, 0.2) is 139 Å². The van der Waals surface area contributed by atoms with E-state index in [0.717, 1.165) is 0 Å². The second-order valence-corrected chi connectivity index (χ2v) is 14.9. The van der Waals surface area contributed by atoms with Crippen molar-refractivity contribution in [3.63, 3.8) is 0 Å². The molecule has 56 heavy (non-hydrogen) atoms. The summed E-state index contributed by atoms with van der Waals surface area (Å²) < 4.78 is 66.8. The van der Waals surface area contributed by atoms with Crippen molar-refractivity contribution in [2.24, 2.45) is 20.5 Å². The summed E-state index contributed by atoms with van der Waals surface area (Å²) in [5.74, 6) is -0.865. The number of fused-ring (bicyclic) bond motifs is 2. The summed E-state index contributed by atoms with van der Waals surface area (Å²) in [5.41, 5.74) is 1.85. The van der Waals surface area contributed by atoms with Crippen LogP contribution in [-0.4, -0.2) is 43.8 Å². The second kappa shape index (κ2) is 15.8. The number of azo groups is 2. The molecule has 6 aromatic rings. The number of carbonyl (C=O) groups is 3. The van der Waals surface area contributed by atoms with Crippen LogP contribution >= 0.6 is 0 Å². The number of rotatable bonds is 10. The highest BCUT2D eigenvalue weighted by atomic mass is 32.2. The first-order chi connectivity index (χ1) is 26.5. The van der Waals surface area contributed by atoms with Gasteiger partial charge in [0.05, 0.1) is 22.7 Å². The Morgan fingerprint density at radius 2 is 0.911 bits per heavy atom. The molecule has 0 fully saturated rings. The molecule has 0 bridgehead atoms. The molecule has 0 radical (unpaired) electrons. The van der Waals surface area contributed by atoms with E-state index in [1.54, 1.807) is 36.4 Å². The third-order valence-corrected chi connectivity index (χ3v) is 9.71. The first kappa shape index (κ1) is 38.8. The zero-order valence-electron chi connectivity index (χ0n) is 29.2. The lowest BCUT2D eigenvalue weighted by molar-refractivity contribution is -0.115. The first-order valence-electron chi connectivity index (χ1n) is 16.3. The average molecular weight is 795 g/mol. The highest BCUT2D eigenvalue weighted by Gasteiger charge is 2.16. The molecule has 0 aliphatic heterocycles. The van der Waals surface area contributed by atoms with Gasteiger partial charge >= 0.3 is 6.03 Å². The van der Waals surface area contributed by atoms with E-state index in [4.69, 9.17) is 0 Å². The van der Waals surface area contributed by atoms with Gasteiger partial charge in [0.2, 0.25) is 11.8 Å². The highest BCUT2D eigenvalue weighted by Crippen LogP contribution is 2.34. The molecule has 0 spiro atoms. The summed E-state index contributed by atoms with van der Waals surface area (Å²) >= 11 is 0. The van der Waals surface area contributed by atoms with Gasteiger partial charge in [0.25, 0.3) is 20.2 Å². The van der Waals surface area contributed by atoms with E-state index >= 15 is 0 Å². The molecule has 4 amide bonds. The van der Waals surface area contributed by atoms with Gasteiger partial charge in [-0.25, -0.2) is 4.79 Å². The Morgan fingerprint density at radius 1 is 0.500 bits per heavy atom. The molecule has 6 N–H and O–H groups in total. The van der Waals surface area contributed by atoms with Crippen molar-refractivity contribution in [1.29, 1.82) is 0 Å². The van der Waals surface area contributed by atoms with Crippen LogP contribution in [0, 0.1) is 0 Å². The Labute approximate surface area is 319 Å². The van der Waals surface area contributed by atoms with Crippen molar-refractivity contribution in [2.75, 3.05) is 21.3 Å². The summed E-state index contributed by atoms with van der Waals surface area (Å²) in [7, 11) is -9.01. The molecule has 0 atom stereocenters. The van der Waals surface area contributed by atoms with Crippen molar-refractivity contribution < 1.29 is 40.3 Å². The van der Waals surface area contributed by atoms with Crippen LogP contribution in [0.1, 0.15) is 13.8 Å². The van der Waals surface area contributed by atoms with Gasteiger partial charge in [-0.15, -0.1) is 10.2 Å². The van der Waals surface area contributed by atoms with Gasteiger partial charge in [-0.05, 0) is 83.6 Å². The van der Waals surface area contributed by atoms with Gasteiger partial charge in [0, 0.05) is 36.0 Å². The van der Waals surface area contributed by atoms with Crippen molar-refractivity contribution in [2.45, 2.75) is 23.6 Å². The molecule has 0 saturated carbocycles. The van der Waals surface area contributed by atoms with Gasteiger partial charge in [-0.1, -0.05) is 36.4 Å². The summed E-state index contributed by atoms with van der Waals surface area (Å²) in [5, 5.41) is 28.9. The van der Waals surface area contributed by atoms with E-state index in [9.17, 15) is 40.3 Å². The van der Waals surface area contributed by atoms with Crippen LogP contribution in [0.2, 0.25) is 0 Å². The van der Waals surface area contributed by atoms with Gasteiger partial charge in [0.1, 0.15) is 21.2 Å². The van der Waals surface area contributed by atoms with E-state index in [2.05, 4.69) is 41.7 Å². The van der Waals surface area contributed by atoms with Crippen molar-refractivity contribution in [3.8, 4) is 0 Å². The van der Waals surface area contributed by atoms with Crippen LogP contribution < -0.4 is 21.3 Å². The minimum Gasteiger partial charge on any atom is -0.324 e. The van der Waals surface area contributed by atoms with E-state index in [0.29, 0.717) is 10.8 Å². The zero-order chi connectivity index (χ0) is 40.2. The van der Waals surface area contributed by atoms with Crippen molar-refractivity contribution in [3.05, 3.63) is 109 Å². The minimum absolute atomic E-state index is 0.196. The molecule has 17 nitrogen and oxygen atoms in total. The predicted molar refractivity (Wildman–Crippen MR) is 210 cm³/mol. The topological polar surface area (TPSA) is 258 Å². The molecule has 0 aliphatic rings. The van der Waals surface area contributed by atoms with Gasteiger partial charge in [-0.3, -0.25) is 18.7 Å². The van der Waals surface area contributed by atoms with Crippen LogP contribution in [0.4, 0.5) is 50.3 Å². The number of hydrogen-bond acceptors (Lipinski definition) is 11. The lowest BCUT2D eigenvalue weighted by Crippen LogP contribution is -2.19. The number of benzene rings is 6. The van der Waals surface area contributed by atoms with Crippen molar-refractivity contribution in [1.82, 2.24) is 0 Å². The maximum absolute atomic E-state index is 13.0. The summed E-state index contributed by atoms with van der Waals surface area (Å²) in [6, 6.07) is 26.4. The fraction of sp³-hybridized carbons (Fsp3) is 0.0541. The van der Waals surface area contributed by atoms with Crippen molar-refractivity contribution >= 4 is 105 Å². The Kier molecular flexibility index (Phi) is 11.0. The lowest BCUT2D eigenvalue weighted by Gasteiger charge is -2.12. The number of anilines is 4. The molecule has 0 unspecified atom stereocenters. The van der Waals surface area contributed by atoms with E-state index < -0.39 is 38.1 Å². The number of hydrogen-bond donors (Lipinski definition) is 6. The largest absolute Gasteiger partial charge is 0.324 e. The summed E-state index contributed by atoms with van der Waals surface area (Å²) in [6.07, 6.45) is 0. The summed E-state index contributed by atoms with van der Waals surface area (Å²) in [6.45, 7) is 2.57. The summed E-state index contributed by atoms with van der Waals surface area (Å²) in [4.78, 5) is 36.5. The molecule has 19 heteroatoms. The molecule has 0 heterocycles. The Bertz CT molecular complexity index is 2670. The maximum Gasteiger partial charge on any atom is 0.323 e. The first-order valence-corrected chi connectivity index (χ1v) is 19.2. The fourth-order valence-corrected chi connectivity index (χ4v) is 6.95. The van der Waals surface area contributed by atoms with Crippen LogP contribution in [0.3, 0.4) is 0 Å². The quantitative estimate of drug-likeness (QED) is 0.0571. The standard InChI is InChI=1S/C37H30N8O9S2/c1-21(46)38-33-19-25(13-15-31(33)44-42-27-11-9-23-5-3-7-35(29(23)17-27)55(49,50)51)40-37(48)41-26-14-16-32(34(20-26)39-22(2)47)45-43-28-12-10-24-6-4-8-36(30(24)18-28)56(52,53)54/h3-20H,1-2H3,(H,38,46)(H,39,47)(H2,40,41,48)(H,49,50,51)(H,52,53,54). The smallest absolute Gasteiger partial charge is 0.323 e. The SMILES string of the molecule is CC(=O)Nc1cc(NC(=O)Nc2ccc(N=Nc3ccc4cccc(S(=O)(=O)O)c4c3)c(NC(C)=O)c2)ccc1N=Nc1ccc2cccc(S(=O)(=O)O)c2c1. The Hall–Kier alpha value is -6.93. The molecular formula is C37H30N8O9S2. The molecular weight excluding hydrogens is 765 g/mol. The van der Waals surface area contributed by atoms with Crippen LogP contribution in [-0.2, 0) is 29.8 Å². The normalized spacial score (nSPS) is 11.9. The highest BCUT2D eigenvalue weighted by molar-refractivity contribution is 7.86. The predicted octanol–water partition coefficient (Wildman–Crippen LogP) is 8.88. The minimum atomic E-state index is -4.50. The number of nitrogens with zero attached hydrogens (tertiary/aromatic N) is 4. The third-order valence-electron chi connectivity index (χ3n) is 7.88. The van der Waals surface area contributed by atoms with E-state index in [1.807, 2.05) is 0 Å². The number of carbonyl (C=O) groups excluding carboxylic acids is 3. The van der Waals surface area contributed by atoms with Gasteiger partial charge in [-0.2, -0.15) is 27.1 Å². The monoisotopic (exact) mass is 794 g/mol. The molecule has 0 aromatic heterocycles.